The Kier molecular flexibility index (Phi) is 7.58. The average molecular weight is 256 g/mol. The minimum atomic E-state index is -0.334. The van der Waals surface area contributed by atoms with Crippen molar-refractivity contribution >= 4 is 5.97 Å². The molecule has 0 aromatic carbocycles. The largest absolute Gasteiger partial charge is 0.459 e. The van der Waals surface area contributed by atoms with Gasteiger partial charge in [-0.2, -0.15) is 0 Å². The van der Waals surface area contributed by atoms with Crippen LogP contribution in [0.15, 0.2) is 0 Å². The van der Waals surface area contributed by atoms with Gasteiger partial charge in [-0.05, 0) is 52.4 Å². The Morgan fingerprint density at radius 2 is 1.61 bits per heavy atom. The summed E-state index contributed by atoms with van der Waals surface area (Å²) in [5, 5.41) is 0. The smallest absolute Gasteiger partial charge is 0.312 e. The number of ether oxygens (including phenoxy) is 1. The number of carbonyl (C=O) groups is 1. The first-order valence-corrected chi connectivity index (χ1v) is 7.69. The summed E-state index contributed by atoms with van der Waals surface area (Å²) in [7, 11) is 0. The summed E-state index contributed by atoms with van der Waals surface area (Å²) in [6.07, 6.45) is 7.59. The predicted molar refractivity (Wildman–Crippen MR) is 77.6 cm³/mol. The van der Waals surface area contributed by atoms with E-state index in [1.54, 1.807) is 0 Å². The molecule has 1 aliphatic carbocycles. The molecule has 2 heteroatoms. The number of esters is 1. The minimum absolute atomic E-state index is 0.0150. The van der Waals surface area contributed by atoms with Crippen molar-refractivity contribution in [3.8, 4) is 0 Å². The van der Waals surface area contributed by atoms with Gasteiger partial charge in [0.05, 0.1) is 5.41 Å². The minimum Gasteiger partial charge on any atom is -0.459 e. The second-order valence-electron chi connectivity index (χ2n) is 5.72. The molecule has 0 atom stereocenters. The van der Waals surface area contributed by atoms with Crippen LogP contribution in [0.25, 0.3) is 0 Å². The first-order valence-electron chi connectivity index (χ1n) is 7.69. The Morgan fingerprint density at radius 1 is 1.11 bits per heavy atom. The van der Waals surface area contributed by atoms with Gasteiger partial charge in [-0.15, -0.1) is 0 Å². The molecule has 1 fully saturated rings. The van der Waals surface area contributed by atoms with Gasteiger partial charge in [0.15, 0.2) is 0 Å². The first kappa shape index (κ1) is 17.5. The Bertz CT molecular complexity index is 237. The molecule has 1 rings (SSSR count). The zero-order valence-corrected chi connectivity index (χ0v) is 13.3. The van der Waals surface area contributed by atoms with Crippen molar-refractivity contribution in [2.24, 2.45) is 5.41 Å². The Hall–Kier alpha value is -0.530. The van der Waals surface area contributed by atoms with E-state index in [1.165, 1.54) is 19.3 Å². The Balaban J connectivity index is 0.00000137. The standard InChI is InChI=1S/C14H26O2.C2H6/c1-5-13(3,4)12(15)16-14(6-2)10-8-7-9-11-14;1-2/h5-11H2,1-4H3;1-2H3. The molecule has 0 heterocycles. The van der Waals surface area contributed by atoms with Crippen molar-refractivity contribution < 1.29 is 9.53 Å². The predicted octanol–water partition coefficient (Wildman–Crippen LogP) is 5.10. The quantitative estimate of drug-likeness (QED) is 0.654. The summed E-state index contributed by atoms with van der Waals surface area (Å²) in [5.74, 6) is -0.0150. The normalized spacial score (nSPS) is 18.6. The van der Waals surface area contributed by atoms with Crippen LogP contribution in [0.2, 0.25) is 0 Å². The van der Waals surface area contributed by atoms with Gasteiger partial charge in [-0.25, -0.2) is 0 Å². The second-order valence-corrected chi connectivity index (χ2v) is 5.72. The lowest BCUT2D eigenvalue weighted by molar-refractivity contribution is -0.174. The van der Waals surface area contributed by atoms with E-state index in [2.05, 4.69) is 6.92 Å². The van der Waals surface area contributed by atoms with Crippen LogP contribution in [0.1, 0.15) is 86.5 Å². The lowest BCUT2D eigenvalue weighted by Crippen LogP contribution is -2.40. The van der Waals surface area contributed by atoms with Crippen molar-refractivity contribution in [3.63, 3.8) is 0 Å². The van der Waals surface area contributed by atoms with Crippen LogP contribution in [-0.4, -0.2) is 11.6 Å². The maximum atomic E-state index is 12.1. The SMILES string of the molecule is CC.CCC1(OC(=O)C(C)(C)CC)CCCCC1. The van der Waals surface area contributed by atoms with Crippen LogP contribution in [0.3, 0.4) is 0 Å². The highest BCUT2D eigenvalue weighted by Gasteiger charge is 2.38. The Labute approximate surface area is 113 Å². The number of carbonyl (C=O) groups excluding carboxylic acids is 1. The lowest BCUT2D eigenvalue weighted by atomic mass is 9.82. The highest BCUT2D eigenvalue weighted by atomic mass is 16.6. The fraction of sp³-hybridized carbons (Fsp3) is 0.938. The summed E-state index contributed by atoms with van der Waals surface area (Å²) >= 11 is 0. The molecule has 1 saturated carbocycles. The molecule has 0 unspecified atom stereocenters. The molecule has 0 amide bonds. The number of hydrogen-bond donors (Lipinski definition) is 0. The van der Waals surface area contributed by atoms with Gasteiger partial charge in [0.25, 0.3) is 0 Å². The molecule has 0 N–H and O–H groups in total. The van der Waals surface area contributed by atoms with Crippen LogP contribution < -0.4 is 0 Å². The molecule has 108 valence electrons. The average Bonchev–Trinajstić information content (AvgIpc) is 2.42. The first-order chi connectivity index (χ1) is 8.46. The second kappa shape index (κ2) is 7.81. The van der Waals surface area contributed by atoms with Gasteiger partial charge >= 0.3 is 5.97 Å². The molecular formula is C16H32O2. The summed E-state index contributed by atoms with van der Waals surface area (Å²) in [6.45, 7) is 12.1. The van der Waals surface area contributed by atoms with E-state index in [1.807, 2.05) is 34.6 Å². The Morgan fingerprint density at radius 3 is 2.00 bits per heavy atom. The zero-order valence-electron chi connectivity index (χ0n) is 13.3. The van der Waals surface area contributed by atoms with Crippen molar-refractivity contribution in [3.05, 3.63) is 0 Å². The molecule has 0 aromatic rings. The fourth-order valence-corrected chi connectivity index (χ4v) is 2.20. The number of rotatable bonds is 4. The maximum Gasteiger partial charge on any atom is 0.312 e. The van der Waals surface area contributed by atoms with Crippen molar-refractivity contribution in [1.82, 2.24) is 0 Å². The summed E-state index contributed by atoms with van der Waals surface area (Å²) in [5.41, 5.74) is -0.485. The summed E-state index contributed by atoms with van der Waals surface area (Å²) in [4.78, 5) is 12.1. The summed E-state index contributed by atoms with van der Waals surface area (Å²) in [6, 6.07) is 0. The lowest BCUT2D eigenvalue weighted by Gasteiger charge is -2.38. The van der Waals surface area contributed by atoms with E-state index >= 15 is 0 Å². The van der Waals surface area contributed by atoms with E-state index in [-0.39, 0.29) is 17.0 Å². The van der Waals surface area contributed by atoms with Crippen LogP contribution in [0, 0.1) is 5.41 Å². The molecule has 0 bridgehead atoms. The van der Waals surface area contributed by atoms with E-state index in [9.17, 15) is 4.79 Å². The van der Waals surface area contributed by atoms with Gasteiger partial charge in [0.1, 0.15) is 5.60 Å². The molecule has 0 aliphatic heterocycles. The van der Waals surface area contributed by atoms with Gasteiger partial charge < -0.3 is 4.74 Å². The number of hydrogen-bond acceptors (Lipinski definition) is 2. The molecule has 2 nitrogen and oxygen atoms in total. The molecule has 0 aromatic heterocycles. The monoisotopic (exact) mass is 256 g/mol. The van der Waals surface area contributed by atoms with Crippen molar-refractivity contribution in [1.29, 1.82) is 0 Å². The van der Waals surface area contributed by atoms with Gasteiger partial charge in [0.2, 0.25) is 0 Å². The third-order valence-electron chi connectivity index (χ3n) is 4.15. The highest BCUT2D eigenvalue weighted by Crippen LogP contribution is 2.36. The van der Waals surface area contributed by atoms with Gasteiger partial charge in [0, 0.05) is 0 Å². The van der Waals surface area contributed by atoms with Crippen LogP contribution in [-0.2, 0) is 9.53 Å². The molecule has 0 spiro atoms. The third kappa shape index (κ3) is 4.62. The van der Waals surface area contributed by atoms with Crippen LogP contribution >= 0.6 is 0 Å². The highest BCUT2D eigenvalue weighted by molar-refractivity contribution is 5.76. The van der Waals surface area contributed by atoms with E-state index < -0.39 is 0 Å². The van der Waals surface area contributed by atoms with E-state index in [0.29, 0.717) is 0 Å². The van der Waals surface area contributed by atoms with Crippen LogP contribution in [0.4, 0.5) is 0 Å². The maximum absolute atomic E-state index is 12.1. The molecule has 1 aliphatic rings. The van der Waals surface area contributed by atoms with Gasteiger partial charge in [-0.3, -0.25) is 4.79 Å². The molecular weight excluding hydrogens is 224 g/mol. The summed E-state index contributed by atoms with van der Waals surface area (Å²) < 4.78 is 5.84. The van der Waals surface area contributed by atoms with Gasteiger partial charge in [-0.1, -0.05) is 34.1 Å². The third-order valence-corrected chi connectivity index (χ3v) is 4.15. The zero-order chi connectivity index (χ0) is 14.2. The van der Waals surface area contributed by atoms with E-state index in [4.69, 9.17) is 4.74 Å². The van der Waals surface area contributed by atoms with Crippen molar-refractivity contribution in [2.75, 3.05) is 0 Å². The topological polar surface area (TPSA) is 26.3 Å². The molecule has 0 radical (unpaired) electrons. The van der Waals surface area contributed by atoms with E-state index in [0.717, 1.165) is 25.7 Å². The molecule has 0 saturated heterocycles. The van der Waals surface area contributed by atoms with Crippen LogP contribution in [0.5, 0.6) is 0 Å². The molecule has 18 heavy (non-hydrogen) atoms. The fourth-order valence-electron chi connectivity index (χ4n) is 2.20. The van der Waals surface area contributed by atoms with Crippen molar-refractivity contribution in [2.45, 2.75) is 92.1 Å².